The second-order valence-electron chi connectivity index (χ2n) is 6.82. The van der Waals surface area contributed by atoms with E-state index in [1.807, 2.05) is 18.2 Å². The lowest BCUT2D eigenvalue weighted by atomic mass is 9.78. The number of hydrogen-bond acceptors (Lipinski definition) is 2. The van der Waals surface area contributed by atoms with Gasteiger partial charge in [-0.2, -0.15) is 0 Å². The van der Waals surface area contributed by atoms with Crippen LogP contribution in [0.5, 0.6) is 0 Å². The van der Waals surface area contributed by atoms with Gasteiger partial charge in [0, 0.05) is 17.6 Å². The molecule has 2 saturated carbocycles. The summed E-state index contributed by atoms with van der Waals surface area (Å²) in [6.45, 7) is 0.602. The zero-order chi connectivity index (χ0) is 14.7. The van der Waals surface area contributed by atoms with Gasteiger partial charge in [0.15, 0.2) is 0 Å². The highest BCUT2D eigenvalue weighted by molar-refractivity contribution is 5.96. The minimum Gasteiger partial charge on any atom is -0.350 e. The molecule has 3 N–H and O–H groups in total. The van der Waals surface area contributed by atoms with Gasteiger partial charge in [0.25, 0.3) is 5.91 Å². The molecule has 0 aliphatic heterocycles. The van der Waals surface area contributed by atoms with E-state index in [0.717, 1.165) is 18.4 Å². The second-order valence-corrected chi connectivity index (χ2v) is 6.82. The maximum absolute atomic E-state index is 12.5. The van der Waals surface area contributed by atoms with Crippen molar-refractivity contribution in [2.75, 3.05) is 6.54 Å². The summed E-state index contributed by atoms with van der Waals surface area (Å²) in [5.41, 5.74) is 8.28. The molecule has 3 nitrogen and oxygen atoms in total. The van der Waals surface area contributed by atoms with E-state index < -0.39 is 0 Å². The van der Waals surface area contributed by atoms with Crippen molar-refractivity contribution in [3.63, 3.8) is 0 Å². The molecule has 0 unspecified atom stereocenters. The normalized spacial score (nSPS) is 21.6. The number of carbonyl (C=O) groups excluding carboxylic acids is 1. The van der Waals surface area contributed by atoms with Crippen molar-refractivity contribution in [2.24, 2.45) is 5.73 Å². The van der Waals surface area contributed by atoms with E-state index in [1.165, 1.54) is 44.1 Å². The largest absolute Gasteiger partial charge is 0.350 e. The van der Waals surface area contributed by atoms with Crippen LogP contribution in [-0.2, 0) is 0 Å². The van der Waals surface area contributed by atoms with Crippen molar-refractivity contribution in [1.29, 1.82) is 0 Å². The predicted molar refractivity (Wildman–Crippen MR) is 85.4 cm³/mol. The average molecular weight is 286 g/mol. The van der Waals surface area contributed by atoms with E-state index >= 15 is 0 Å². The first-order valence-corrected chi connectivity index (χ1v) is 8.34. The van der Waals surface area contributed by atoms with Crippen LogP contribution in [0.4, 0.5) is 0 Å². The first kappa shape index (κ1) is 14.6. The van der Waals surface area contributed by atoms with Gasteiger partial charge in [-0.3, -0.25) is 4.79 Å². The van der Waals surface area contributed by atoms with E-state index in [1.54, 1.807) is 0 Å². The van der Waals surface area contributed by atoms with Crippen LogP contribution in [0, 0.1) is 0 Å². The quantitative estimate of drug-likeness (QED) is 0.892. The molecule has 0 heterocycles. The van der Waals surface area contributed by atoms with Gasteiger partial charge in [-0.25, -0.2) is 0 Å². The molecule has 2 aliphatic carbocycles. The molecule has 1 aromatic rings. The summed E-state index contributed by atoms with van der Waals surface area (Å²) in [4.78, 5) is 12.5. The molecule has 2 fully saturated rings. The van der Waals surface area contributed by atoms with Crippen molar-refractivity contribution in [3.05, 3.63) is 35.4 Å². The Bertz CT molecular complexity index is 502. The second kappa shape index (κ2) is 6.18. The van der Waals surface area contributed by atoms with Crippen LogP contribution >= 0.6 is 0 Å². The van der Waals surface area contributed by atoms with Gasteiger partial charge in [-0.15, -0.1) is 0 Å². The summed E-state index contributed by atoms with van der Waals surface area (Å²) in [6.07, 6.45) is 9.41. The summed E-state index contributed by atoms with van der Waals surface area (Å²) in [7, 11) is 0. The summed E-state index contributed by atoms with van der Waals surface area (Å²) in [6, 6.07) is 8.05. The fourth-order valence-corrected chi connectivity index (χ4v) is 3.56. The Morgan fingerprint density at radius 3 is 2.52 bits per heavy atom. The number of amides is 1. The van der Waals surface area contributed by atoms with Gasteiger partial charge < -0.3 is 11.1 Å². The SMILES string of the molecule is NC1(CNC(=O)c2ccccc2C2CCC2)CCCCC1. The van der Waals surface area contributed by atoms with Gasteiger partial charge in [0.2, 0.25) is 0 Å². The van der Waals surface area contributed by atoms with Crippen molar-refractivity contribution >= 4 is 5.91 Å². The third-order valence-corrected chi connectivity index (χ3v) is 5.20. The number of nitrogens with two attached hydrogens (primary N) is 1. The van der Waals surface area contributed by atoms with Crippen LogP contribution < -0.4 is 11.1 Å². The topological polar surface area (TPSA) is 55.1 Å². The Kier molecular flexibility index (Phi) is 4.29. The lowest BCUT2D eigenvalue weighted by molar-refractivity contribution is 0.0935. The molecule has 21 heavy (non-hydrogen) atoms. The molecule has 1 amide bonds. The fourth-order valence-electron chi connectivity index (χ4n) is 3.56. The summed E-state index contributed by atoms with van der Waals surface area (Å²) in [5, 5.41) is 3.09. The summed E-state index contributed by atoms with van der Waals surface area (Å²) in [5.74, 6) is 0.626. The van der Waals surface area contributed by atoms with Gasteiger partial charge in [0.1, 0.15) is 0 Å². The average Bonchev–Trinajstić information content (AvgIpc) is 2.45. The van der Waals surface area contributed by atoms with Crippen molar-refractivity contribution in [1.82, 2.24) is 5.32 Å². The van der Waals surface area contributed by atoms with Crippen LogP contribution in [0.3, 0.4) is 0 Å². The summed E-state index contributed by atoms with van der Waals surface area (Å²) < 4.78 is 0. The van der Waals surface area contributed by atoms with Crippen LogP contribution in [0.1, 0.15) is 73.2 Å². The maximum atomic E-state index is 12.5. The molecule has 0 radical (unpaired) electrons. The lowest BCUT2D eigenvalue weighted by Gasteiger charge is -2.33. The fraction of sp³-hybridized carbons (Fsp3) is 0.611. The van der Waals surface area contributed by atoms with Gasteiger partial charge in [0.05, 0.1) is 0 Å². The third-order valence-electron chi connectivity index (χ3n) is 5.20. The Labute approximate surface area is 127 Å². The van der Waals surface area contributed by atoms with Crippen molar-refractivity contribution in [2.45, 2.75) is 62.8 Å². The van der Waals surface area contributed by atoms with Gasteiger partial charge in [-0.1, -0.05) is 43.9 Å². The van der Waals surface area contributed by atoms with E-state index in [-0.39, 0.29) is 11.4 Å². The van der Waals surface area contributed by atoms with Crippen LogP contribution in [0.2, 0.25) is 0 Å². The Morgan fingerprint density at radius 1 is 1.14 bits per heavy atom. The Hall–Kier alpha value is -1.35. The minimum atomic E-state index is -0.195. The Balaban J connectivity index is 1.65. The van der Waals surface area contributed by atoms with Crippen LogP contribution in [0.15, 0.2) is 24.3 Å². The van der Waals surface area contributed by atoms with E-state index in [4.69, 9.17) is 5.73 Å². The third kappa shape index (κ3) is 3.29. The lowest BCUT2D eigenvalue weighted by Crippen LogP contribution is -2.51. The monoisotopic (exact) mass is 286 g/mol. The highest BCUT2D eigenvalue weighted by Gasteiger charge is 2.29. The molecule has 0 spiro atoms. The number of hydrogen-bond donors (Lipinski definition) is 2. The molecule has 2 aliphatic rings. The smallest absolute Gasteiger partial charge is 0.251 e. The van der Waals surface area contributed by atoms with E-state index in [9.17, 15) is 4.79 Å². The first-order chi connectivity index (χ1) is 10.2. The molecular formula is C18H26N2O. The number of carbonyl (C=O) groups is 1. The molecule has 3 rings (SSSR count). The standard InChI is InChI=1S/C18H26N2O/c19-18(11-4-1-5-12-18)13-20-17(21)16-10-3-2-9-15(16)14-7-6-8-14/h2-3,9-10,14H,1,4-8,11-13,19H2,(H,20,21). The molecule has 1 aromatic carbocycles. The molecular weight excluding hydrogens is 260 g/mol. The maximum Gasteiger partial charge on any atom is 0.251 e. The minimum absolute atomic E-state index is 0.0490. The molecule has 3 heteroatoms. The van der Waals surface area contributed by atoms with Crippen molar-refractivity contribution in [3.8, 4) is 0 Å². The van der Waals surface area contributed by atoms with E-state index in [0.29, 0.717) is 12.5 Å². The molecule has 0 bridgehead atoms. The highest BCUT2D eigenvalue weighted by Crippen LogP contribution is 2.37. The zero-order valence-electron chi connectivity index (χ0n) is 12.7. The highest BCUT2D eigenvalue weighted by atomic mass is 16.1. The molecule has 0 atom stereocenters. The number of benzene rings is 1. The Morgan fingerprint density at radius 2 is 1.86 bits per heavy atom. The van der Waals surface area contributed by atoms with Crippen molar-refractivity contribution < 1.29 is 4.79 Å². The number of rotatable bonds is 4. The van der Waals surface area contributed by atoms with Gasteiger partial charge >= 0.3 is 0 Å². The van der Waals surface area contributed by atoms with Gasteiger partial charge in [-0.05, 0) is 43.2 Å². The summed E-state index contributed by atoms with van der Waals surface area (Å²) >= 11 is 0. The van der Waals surface area contributed by atoms with E-state index in [2.05, 4.69) is 11.4 Å². The van der Waals surface area contributed by atoms with Crippen LogP contribution in [0.25, 0.3) is 0 Å². The number of nitrogens with one attached hydrogen (secondary N) is 1. The molecule has 114 valence electrons. The molecule has 0 saturated heterocycles. The predicted octanol–water partition coefficient (Wildman–Crippen LogP) is 3.35. The first-order valence-electron chi connectivity index (χ1n) is 8.34. The molecule has 0 aromatic heterocycles. The zero-order valence-corrected chi connectivity index (χ0v) is 12.7. The van der Waals surface area contributed by atoms with Crippen LogP contribution in [-0.4, -0.2) is 18.0 Å².